The van der Waals surface area contributed by atoms with Gasteiger partial charge in [0.25, 0.3) is 0 Å². The zero-order valence-corrected chi connectivity index (χ0v) is 11.9. The summed E-state index contributed by atoms with van der Waals surface area (Å²) in [6, 6.07) is 12.5. The van der Waals surface area contributed by atoms with Gasteiger partial charge >= 0.3 is 0 Å². The van der Waals surface area contributed by atoms with Crippen LogP contribution in [-0.2, 0) is 13.0 Å². The number of hydrogen-bond donors (Lipinski definition) is 1. The second-order valence-corrected chi connectivity index (χ2v) is 4.55. The molecule has 21 heavy (non-hydrogen) atoms. The highest BCUT2D eigenvalue weighted by molar-refractivity contribution is 5.37. The maximum absolute atomic E-state index is 13.9. The number of benzene rings is 2. The van der Waals surface area contributed by atoms with E-state index < -0.39 is 0 Å². The Labute approximate surface area is 124 Å². The van der Waals surface area contributed by atoms with Crippen molar-refractivity contribution in [1.29, 1.82) is 0 Å². The molecule has 108 valence electrons. The van der Waals surface area contributed by atoms with Gasteiger partial charge in [0.15, 0.2) is 0 Å². The number of hydrogen-bond acceptors (Lipinski definition) is 2. The van der Waals surface area contributed by atoms with Gasteiger partial charge in [0.1, 0.15) is 24.8 Å². The van der Waals surface area contributed by atoms with Crippen LogP contribution in [0.1, 0.15) is 23.6 Å². The van der Waals surface area contributed by atoms with Crippen molar-refractivity contribution in [1.82, 2.24) is 0 Å². The lowest BCUT2D eigenvalue weighted by atomic mass is 10.1. The third-order valence-electron chi connectivity index (χ3n) is 3.09. The van der Waals surface area contributed by atoms with Crippen molar-refractivity contribution in [3.05, 3.63) is 65.0 Å². The average Bonchev–Trinajstić information content (AvgIpc) is 2.52. The Morgan fingerprint density at radius 3 is 2.52 bits per heavy atom. The average molecular weight is 284 g/mol. The minimum Gasteiger partial charge on any atom is -0.489 e. The maximum atomic E-state index is 13.9. The first-order chi connectivity index (χ1) is 10.2. The summed E-state index contributed by atoms with van der Waals surface area (Å²) in [6.07, 6.45) is 0.977. The number of aliphatic hydroxyl groups excluding tert-OH is 1. The predicted molar refractivity (Wildman–Crippen MR) is 80.5 cm³/mol. The third-order valence-corrected chi connectivity index (χ3v) is 3.09. The van der Waals surface area contributed by atoms with Crippen molar-refractivity contribution in [2.75, 3.05) is 6.61 Å². The van der Waals surface area contributed by atoms with Gasteiger partial charge in [-0.2, -0.15) is 0 Å². The first-order valence-corrected chi connectivity index (χ1v) is 6.83. The molecule has 0 atom stereocenters. The molecule has 0 saturated carbocycles. The monoisotopic (exact) mass is 284 g/mol. The molecule has 2 rings (SSSR count). The van der Waals surface area contributed by atoms with E-state index in [0.717, 1.165) is 12.2 Å². The van der Waals surface area contributed by atoms with Gasteiger partial charge in [0.2, 0.25) is 0 Å². The smallest absolute Gasteiger partial charge is 0.131 e. The first-order valence-electron chi connectivity index (χ1n) is 6.83. The van der Waals surface area contributed by atoms with Crippen LogP contribution < -0.4 is 4.74 Å². The first kappa shape index (κ1) is 15.1. The second kappa shape index (κ2) is 7.47. The Kier molecular flexibility index (Phi) is 5.36. The molecule has 1 N–H and O–H groups in total. The van der Waals surface area contributed by atoms with Crippen molar-refractivity contribution in [3.63, 3.8) is 0 Å². The van der Waals surface area contributed by atoms with Crippen molar-refractivity contribution >= 4 is 0 Å². The Morgan fingerprint density at radius 1 is 1.14 bits per heavy atom. The van der Waals surface area contributed by atoms with Crippen molar-refractivity contribution in [3.8, 4) is 17.6 Å². The van der Waals surface area contributed by atoms with Crippen LogP contribution >= 0.6 is 0 Å². The van der Waals surface area contributed by atoms with Gasteiger partial charge in [-0.25, -0.2) is 4.39 Å². The highest BCUT2D eigenvalue weighted by Gasteiger charge is 2.04. The Bertz CT molecular complexity index is 651. The van der Waals surface area contributed by atoms with Crippen molar-refractivity contribution < 1.29 is 14.2 Å². The van der Waals surface area contributed by atoms with Crippen LogP contribution in [0.5, 0.6) is 5.75 Å². The Hall–Kier alpha value is -2.31. The summed E-state index contributed by atoms with van der Waals surface area (Å²) in [7, 11) is 0. The Balaban J connectivity index is 2.02. The van der Waals surface area contributed by atoms with Gasteiger partial charge < -0.3 is 9.84 Å². The normalized spacial score (nSPS) is 9.86. The molecule has 0 aliphatic heterocycles. The van der Waals surface area contributed by atoms with E-state index in [0.29, 0.717) is 11.1 Å². The van der Waals surface area contributed by atoms with Gasteiger partial charge in [0.05, 0.1) is 0 Å². The number of aliphatic hydroxyl groups is 1. The molecular formula is C18H17FO2. The summed E-state index contributed by atoms with van der Waals surface area (Å²) in [5.74, 6) is 5.52. The topological polar surface area (TPSA) is 29.5 Å². The van der Waals surface area contributed by atoms with E-state index in [1.807, 2.05) is 24.3 Å². The lowest BCUT2D eigenvalue weighted by molar-refractivity contribution is 0.300. The molecule has 0 aliphatic rings. The zero-order chi connectivity index (χ0) is 15.1. The molecule has 0 radical (unpaired) electrons. The molecule has 0 spiro atoms. The van der Waals surface area contributed by atoms with E-state index >= 15 is 0 Å². The van der Waals surface area contributed by atoms with Crippen LogP contribution in [0.15, 0.2) is 42.5 Å². The minimum absolute atomic E-state index is 0.172. The van der Waals surface area contributed by atoms with Crippen molar-refractivity contribution in [2.24, 2.45) is 0 Å². The van der Waals surface area contributed by atoms with E-state index in [1.165, 1.54) is 11.6 Å². The fourth-order valence-electron chi connectivity index (χ4n) is 1.87. The van der Waals surface area contributed by atoms with Crippen LogP contribution in [0.2, 0.25) is 0 Å². The molecule has 0 amide bonds. The summed E-state index contributed by atoms with van der Waals surface area (Å²) in [4.78, 5) is 0. The highest BCUT2D eigenvalue weighted by Crippen LogP contribution is 2.16. The largest absolute Gasteiger partial charge is 0.489 e. The number of halogens is 1. The standard InChI is InChI=1S/C18H17FO2/c1-2-14-6-9-17(10-7-14)21-13-16-8-5-15(4-3-11-20)12-18(16)19/h5-10,12,20H,2,11,13H2,1H3. The highest BCUT2D eigenvalue weighted by atomic mass is 19.1. The molecule has 0 saturated heterocycles. The summed E-state index contributed by atoms with van der Waals surface area (Å²) >= 11 is 0. The molecule has 2 aromatic rings. The summed E-state index contributed by atoms with van der Waals surface area (Å²) in [6.45, 7) is 2.03. The van der Waals surface area contributed by atoms with Crippen LogP contribution in [-0.4, -0.2) is 11.7 Å². The quantitative estimate of drug-likeness (QED) is 0.873. The van der Waals surface area contributed by atoms with Crippen LogP contribution in [0.4, 0.5) is 4.39 Å². The van der Waals surface area contributed by atoms with Crippen LogP contribution in [0.3, 0.4) is 0 Å². The van der Waals surface area contributed by atoms with E-state index in [-0.39, 0.29) is 19.0 Å². The molecule has 0 heterocycles. The maximum Gasteiger partial charge on any atom is 0.131 e. The minimum atomic E-state index is -0.357. The predicted octanol–water partition coefficient (Wildman–Crippen LogP) is 3.31. The van der Waals surface area contributed by atoms with E-state index in [9.17, 15) is 4.39 Å². The second-order valence-electron chi connectivity index (χ2n) is 4.55. The molecular weight excluding hydrogens is 267 g/mol. The molecule has 3 heteroatoms. The summed E-state index contributed by atoms with van der Waals surface area (Å²) < 4.78 is 19.5. The van der Waals surface area contributed by atoms with E-state index in [4.69, 9.17) is 9.84 Å². The van der Waals surface area contributed by atoms with Gasteiger partial charge in [-0.05, 0) is 36.2 Å². The number of ether oxygens (including phenoxy) is 1. The lowest BCUT2D eigenvalue weighted by Gasteiger charge is -2.08. The van der Waals surface area contributed by atoms with E-state index in [1.54, 1.807) is 12.1 Å². The Morgan fingerprint density at radius 2 is 1.90 bits per heavy atom. The van der Waals surface area contributed by atoms with E-state index in [2.05, 4.69) is 18.8 Å². The molecule has 0 aromatic heterocycles. The zero-order valence-electron chi connectivity index (χ0n) is 11.9. The van der Waals surface area contributed by atoms with Crippen LogP contribution in [0, 0.1) is 17.7 Å². The molecule has 2 aromatic carbocycles. The number of rotatable bonds is 4. The molecule has 0 aliphatic carbocycles. The molecule has 2 nitrogen and oxygen atoms in total. The van der Waals surface area contributed by atoms with Gasteiger partial charge in [-0.15, -0.1) is 0 Å². The van der Waals surface area contributed by atoms with Gasteiger partial charge in [0, 0.05) is 11.1 Å². The van der Waals surface area contributed by atoms with Crippen LogP contribution in [0.25, 0.3) is 0 Å². The number of aryl methyl sites for hydroxylation is 1. The molecule has 0 fully saturated rings. The lowest BCUT2D eigenvalue weighted by Crippen LogP contribution is -1.99. The fraction of sp³-hybridized carbons (Fsp3) is 0.222. The molecule has 0 bridgehead atoms. The SMILES string of the molecule is CCc1ccc(OCc2ccc(C#CCO)cc2F)cc1. The van der Waals surface area contributed by atoms with Crippen molar-refractivity contribution in [2.45, 2.75) is 20.0 Å². The van der Waals surface area contributed by atoms with Gasteiger partial charge in [-0.1, -0.05) is 37.0 Å². The molecule has 0 unspecified atom stereocenters. The third kappa shape index (κ3) is 4.34. The summed E-state index contributed by atoms with van der Waals surface area (Å²) in [5.41, 5.74) is 2.25. The van der Waals surface area contributed by atoms with Gasteiger partial charge in [-0.3, -0.25) is 0 Å². The fourth-order valence-corrected chi connectivity index (χ4v) is 1.87. The summed E-state index contributed by atoms with van der Waals surface area (Å²) in [5, 5.41) is 8.61.